The summed E-state index contributed by atoms with van der Waals surface area (Å²) in [6.45, 7) is 2.07. The van der Waals surface area contributed by atoms with Gasteiger partial charge >= 0.3 is 0 Å². The van der Waals surface area contributed by atoms with Gasteiger partial charge in [-0.3, -0.25) is 4.79 Å². The summed E-state index contributed by atoms with van der Waals surface area (Å²) in [6.07, 6.45) is 0. The molecule has 0 bridgehead atoms. The van der Waals surface area contributed by atoms with Gasteiger partial charge in [0.1, 0.15) is 11.3 Å². The molecule has 116 valence electrons. The number of carbonyl (C=O) groups is 1. The lowest BCUT2D eigenvalue weighted by molar-refractivity contribution is 0.0948. The molecule has 0 aliphatic carbocycles. The van der Waals surface area contributed by atoms with Crippen LogP contribution in [0.2, 0.25) is 0 Å². The number of aromatic hydroxyl groups is 1. The molecule has 0 atom stereocenters. The zero-order valence-electron chi connectivity index (χ0n) is 12.5. The number of aryl methyl sites for hydroxylation is 1. The fourth-order valence-corrected chi connectivity index (χ4v) is 2.33. The van der Waals surface area contributed by atoms with Crippen LogP contribution in [0.15, 0.2) is 48.5 Å². The predicted molar refractivity (Wildman–Crippen MR) is 85.7 cm³/mol. The Bertz CT molecular complexity index is 876. The Hall–Kier alpha value is -2.95. The van der Waals surface area contributed by atoms with Gasteiger partial charge in [-0.2, -0.15) is 0 Å². The van der Waals surface area contributed by atoms with Gasteiger partial charge in [0, 0.05) is 17.6 Å². The number of amides is 1. The van der Waals surface area contributed by atoms with Crippen molar-refractivity contribution in [3.8, 4) is 5.75 Å². The lowest BCUT2D eigenvalue weighted by Crippen LogP contribution is -2.22. The van der Waals surface area contributed by atoms with Gasteiger partial charge in [-0.1, -0.05) is 24.3 Å². The molecule has 1 heterocycles. The molecule has 0 aliphatic heterocycles. The SMILES string of the molecule is Cc1ccc2ccc(C(=O)NCc3ccc(F)cc3)c(O)c2n1. The van der Waals surface area contributed by atoms with E-state index in [1.54, 1.807) is 24.3 Å². The van der Waals surface area contributed by atoms with Crippen molar-refractivity contribution >= 4 is 16.8 Å². The number of aromatic nitrogens is 1. The summed E-state index contributed by atoms with van der Waals surface area (Å²) in [6, 6.07) is 12.9. The predicted octanol–water partition coefficient (Wildman–Crippen LogP) is 3.32. The van der Waals surface area contributed by atoms with E-state index >= 15 is 0 Å². The van der Waals surface area contributed by atoms with Gasteiger partial charge in [0.25, 0.3) is 5.91 Å². The van der Waals surface area contributed by atoms with E-state index in [1.807, 2.05) is 19.1 Å². The minimum Gasteiger partial charge on any atom is -0.505 e. The largest absolute Gasteiger partial charge is 0.505 e. The van der Waals surface area contributed by atoms with Crippen LogP contribution in [0.4, 0.5) is 4.39 Å². The molecule has 5 heteroatoms. The number of fused-ring (bicyclic) bond motifs is 1. The first-order chi connectivity index (χ1) is 11.0. The topological polar surface area (TPSA) is 62.2 Å². The number of nitrogens with one attached hydrogen (secondary N) is 1. The van der Waals surface area contributed by atoms with Crippen molar-refractivity contribution in [2.45, 2.75) is 13.5 Å². The van der Waals surface area contributed by atoms with Crippen molar-refractivity contribution in [2.75, 3.05) is 0 Å². The van der Waals surface area contributed by atoms with E-state index < -0.39 is 5.91 Å². The maximum absolute atomic E-state index is 12.9. The Morgan fingerprint density at radius 3 is 2.57 bits per heavy atom. The molecule has 3 aromatic rings. The monoisotopic (exact) mass is 310 g/mol. The highest BCUT2D eigenvalue weighted by molar-refractivity contribution is 6.02. The highest BCUT2D eigenvalue weighted by atomic mass is 19.1. The molecular weight excluding hydrogens is 295 g/mol. The maximum atomic E-state index is 12.9. The van der Waals surface area contributed by atoms with E-state index in [1.165, 1.54) is 12.1 Å². The van der Waals surface area contributed by atoms with Crippen LogP contribution in [0.5, 0.6) is 5.75 Å². The molecule has 1 amide bonds. The lowest BCUT2D eigenvalue weighted by atomic mass is 10.1. The molecule has 23 heavy (non-hydrogen) atoms. The molecule has 0 unspecified atom stereocenters. The molecule has 0 spiro atoms. The van der Waals surface area contributed by atoms with Gasteiger partial charge in [0.2, 0.25) is 0 Å². The van der Waals surface area contributed by atoms with Crippen molar-refractivity contribution in [2.24, 2.45) is 0 Å². The Kier molecular flexibility index (Phi) is 3.93. The van der Waals surface area contributed by atoms with Crippen LogP contribution in [0.25, 0.3) is 10.9 Å². The summed E-state index contributed by atoms with van der Waals surface area (Å²) in [4.78, 5) is 16.5. The minimum absolute atomic E-state index is 0.136. The van der Waals surface area contributed by atoms with Crippen LogP contribution in [-0.4, -0.2) is 16.0 Å². The second-order valence-corrected chi connectivity index (χ2v) is 5.30. The molecule has 3 rings (SSSR count). The van der Waals surface area contributed by atoms with E-state index in [0.717, 1.165) is 16.6 Å². The second kappa shape index (κ2) is 6.04. The van der Waals surface area contributed by atoms with Gasteiger partial charge in [-0.25, -0.2) is 9.37 Å². The number of nitrogens with zero attached hydrogens (tertiary/aromatic N) is 1. The third kappa shape index (κ3) is 3.13. The van der Waals surface area contributed by atoms with Crippen LogP contribution < -0.4 is 5.32 Å². The van der Waals surface area contributed by atoms with Gasteiger partial charge in [0.05, 0.1) is 5.56 Å². The van der Waals surface area contributed by atoms with Crippen LogP contribution in [0, 0.1) is 12.7 Å². The molecule has 0 aliphatic rings. The smallest absolute Gasteiger partial charge is 0.255 e. The molecule has 2 N–H and O–H groups in total. The second-order valence-electron chi connectivity index (χ2n) is 5.30. The zero-order chi connectivity index (χ0) is 16.4. The van der Waals surface area contributed by atoms with E-state index in [2.05, 4.69) is 10.3 Å². The van der Waals surface area contributed by atoms with Crippen molar-refractivity contribution in [1.82, 2.24) is 10.3 Å². The summed E-state index contributed by atoms with van der Waals surface area (Å²) in [5.74, 6) is -0.867. The summed E-state index contributed by atoms with van der Waals surface area (Å²) >= 11 is 0. The van der Waals surface area contributed by atoms with E-state index in [-0.39, 0.29) is 23.7 Å². The summed E-state index contributed by atoms with van der Waals surface area (Å²) in [5, 5.41) is 13.8. The number of pyridine rings is 1. The number of phenolic OH excluding ortho intramolecular Hbond substituents is 1. The van der Waals surface area contributed by atoms with Gasteiger partial charge in [0.15, 0.2) is 5.75 Å². The molecule has 1 aromatic heterocycles. The fraction of sp³-hybridized carbons (Fsp3) is 0.111. The van der Waals surface area contributed by atoms with E-state index in [4.69, 9.17) is 0 Å². The maximum Gasteiger partial charge on any atom is 0.255 e. The third-order valence-corrected chi connectivity index (χ3v) is 3.59. The van der Waals surface area contributed by atoms with Gasteiger partial charge < -0.3 is 10.4 Å². The molecule has 2 aromatic carbocycles. The van der Waals surface area contributed by atoms with Crippen molar-refractivity contribution in [1.29, 1.82) is 0 Å². The number of hydrogen-bond donors (Lipinski definition) is 2. The number of halogens is 1. The Morgan fingerprint density at radius 1 is 1.13 bits per heavy atom. The fourth-order valence-electron chi connectivity index (χ4n) is 2.33. The van der Waals surface area contributed by atoms with Crippen LogP contribution in [-0.2, 0) is 6.54 Å². The van der Waals surface area contributed by atoms with Crippen LogP contribution in [0.3, 0.4) is 0 Å². The molecule has 0 radical (unpaired) electrons. The summed E-state index contributed by atoms with van der Waals surface area (Å²) < 4.78 is 12.9. The molecular formula is C18H15FN2O2. The van der Waals surface area contributed by atoms with Crippen LogP contribution in [0.1, 0.15) is 21.6 Å². The number of hydrogen-bond acceptors (Lipinski definition) is 3. The number of carbonyl (C=O) groups excluding carboxylic acids is 1. The molecule has 0 saturated carbocycles. The number of benzene rings is 2. The minimum atomic E-state index is -0.406. The Morgan fingerprint density at radius 2 is 1.83 bits per heavy atom. The molecule has 0 saturated heterocycles. The van der Waals surface area contributed by atoms with Crippen molar-refractivity contribution < 1.29 is 14.3 Å². The first-order valence-corrected chi connectivity index (χ1v) is 7.16. The standard InChI is InChI=1S/C18H15FN2O2/c1-11-2-5-13-6-9-15(17(22)16(13)21-11)18(23)20-10-12-3-7-14(19)8-4-12/h2-9,22H,10H2,1H3,(H,20,23). The molecule has 0 fully saturated rings. The number of rotatable bonds is 3. The van der Waals surface area contributed by atoms with Crippen molar-refractivity contribution in [3.63, 3.8) is 0 Å². The van der Waals surface area contributed by atoms with Crippen LogP contribution >= 0.6 is 0 Å². The molecule has 4 nitrogen and oxygen atoms in total. The first-order valence-electron chi connectivity index (χ1n) is 7.16. The Balaban J connectivity index is 1.83. The average molecular weight is 310 g/mol. The quantitative estimate of drug-likeness (QED) is 0.780. The van der Waals surface area contributed by atoms with E-state index in [0.29, 0.717) is 5.52 Å². The normalized spacial score (nSPS) is 10.7. The average Bonchev–Trinajstić information content (AvgIpc) is 2.55. The van der Waals surface area contributed by atoms with E-state index in [9.17, 15) is 14.3 Å². The third-order valence-electron chi connectivity index (χ3n) is 3.59. The van der Waals surface area contributed by atoms with Gasteiger partial charge in [-0.15, -0.1) is 0 Å². The van der Waals surface area contributed by atoms with Gasteiger partial charge in [-0.05, 0) is 36.8 Å². The highest BCUT2D eigenvalue weighted by Gasteiger charge is 2.14. The Labute approximate surface area is 132 Å². The zero-order valence-corrected chi connectivity index (χ0v) is 12.5. The first kappa shape index (κ1) is 15.0. The summed E-state index contributed by atoms with van der Waals surface area (Å²) in [5.41, 5.74) is 2.10. The lowest BCUT2D eigenvalue weighted by Gasteiger charge is -2.09. The van der Waals surface area contributed by atoms with Crippen molar-refractivity contribution in [3.05, 3.63) is 71.2 Å². The highest BCUT2D eigenvalue weighted by Crippen LogP contribution is 2.27. The summed E-state index contributed by atoms with van der Waals surface area (Å²) in [7, 11) is 0. The number of phenols is 1.